The van der Waals surface area contributed by atoms with Crippen molar-refractivity contribution in [3.63, 3.8) is 0 Å². The van der Waals surface area contributed by atoms with Crippen LogP contribution >= 0.6 is 11.6 Å². The number of hydrogen-bond acceptors (Lipinski definition) is 3. The van der Waals surface area contributed by atoms with Crippen molar-refractivity contribution in [1.29, 1.82) is 0 Å². The summed E-state index contributed by atoms with van der Waals surface area (Å²) in [6.07, 6.45) is 0.513. The standard InChI is InChI=1S/C23H18ClNO4S/c1-15-20(13-16-5-3-2-4-6-16)21-14-19(30(27,28)29)11-12-22(21)25(15)23(26)17-7-9-18(24)10-8-17/h2-12,14H,13H2,1H3,(H,27,28,29). The van der Waals surface area contributed by atoms with Crippen LogP contribution in [-0.4, -0.2) is 23.4 Å². The average molecular weight is 440 g/mol. The number of aromatic nitrogens is 1. The minimum atomic E-state index is -4.37. The number of rotatable bonds is 4. The van der Waals surface area contributed by atoms with Crippen LogP contribution in [-0.2, 0) is 16.5 Å². The number of fused-ring (bicyclic) bond motifs is 1. The first kappa shape index (κ1) is 20.3. The summed E-state index contributed by atoms with van der Waals surface area (Å²) in [5.74, 6) is -0.243. The molecule has 3 aromatic carbocycles. The maximum Gasteiger partial charge on any atom is 0.294 e. The second kappa shape index (κ2) is 7.72. The van der Waals surface area contributed by atoms with Gasteiger partial charge in [-0.05, 0) is 66.9 Å². The zero-order valence-electron chi connectivity index (χ0n) is 16.0. The van der Waals surface area contributed by atoms with Crippen molar-refractivity contribution in [3.05, 3.63) is 100 Å². The van der Waals surface area contributed by atoms with Gasteiger partial charge in [0.2, 0.25) is 0 Å². The molecule has 30 heavy (non-hydrogen) atoms. The Morgan fingerprint density at radius 3 is 2.30 bits per heavy atom. The summed E-state index contributed by atoms with van der Waals surface area (Å²) in [4.78, 5) is 13.1. The number of nitrogens with zero attached hydrogens (tertiary/aromatic N) is 1. The van der Waals surface area contributed by atoms with E-state index >= 15 is 0 Å². The summed E-state index contributed by atoms with van der Waals surface area (Å²) >= 11 is 5.94. The van der Waals surface area contributed by atoms with Crippen molar-refractivity contribution in [2.75, 3.05) is 0 Å². The molecular weight excluding hydrogens is 422 g/mol. The minimum Gasteiger partial charge on any atom is -0.282 e. The Morgan fingerprint density at radius 2 is 1.67 bits per heavy atom. The largest absolute Gasteiger partial charge is 0.294 e. The summed E-state index contributed by atoms with van der Waals surface area (Å²) < 4.78 is 34.5. The number of benzene rings is 3. The third-order valence-electron chi connectivity index (χ3n) is 5.12. The summed E-state index contributed by atoms with van der Waals surface area (Å²) in [6.45, 7) is 1.83. The summed E-state index contributed by atoms with van der Waals surface area (Å²) in [5, 5.41) is 1.14. The SMILES string of the molecule is Cc1c(Cc2ccccc2)c2cc(S(=O)(=O)O)ccc2n1C(=O)c1ccc(Cl)cc1. The van der Waals surface area contributed by atoms with Crippen molar-refractivity contribution in [3.8, 4) is 0 Å². The highest BCUT2D eigenvalue weighted by molar-refractivity contribution is 7.85. The van der Waals surface area contributed by atoms with Crippen LogP contribution in [0.5, 0.6) is 0 Å². The van der Waals surface area contributed by atoms with Gasteiger partial charge in [-0.15, -0.1) is 0 Å². The average Bonchev–Trinajstić information content (AvgIpc) is 2.99. The molecule has 1 N–H and O–H groups in total. The number of halogens is 1. The van der Waals surface area contributed by atoms with Crippen molar-refractivity contribution in [1.82, 2.24) is 4.57 Å². The van der Waals surface area contributed by atoms with Crippen LogP contribution in [0.2, 0.25) is 5.02 Å². The van der Waals surface area contributed by atoms with Gasteiger partial charge in [0, 0.05) is 21.7 Å². The predicted octanol–water partition coefficient (Wildman–Crippen LogP) is 5.13. The highest BCUT2D eigenvalue weighted by atomic mass is 35.5. The van der Waals surface area contributed by atoms with Gasteiger partial charge in [-0.3, -0.25) is 13.9 Å². The molecule has 0 saturated carbocycles. The van der Waals surface area contributed by atoms with E-state index in [1.54, 1.807) is 34.9 Å². The molecule has 1 aromatic heterocycles. The smallest absolute Gasteiger partial charge is 0.282 e. The molecule has 152 valence electrons. The molecule has 5 nitrogen and oxygen atoms in total. The lowest BCUT2D eigenvalue weighted by molar-refractivity contribution is 0.0963. The summed E-state index contributed by atoms with van der Waals surface area (Å²) in [7, 11) is -4.37. The molecule has 0 unspecified atom stereocenters. The molecule has 0 amide bonds. The first-order valence-corrected chi connectivity index (χ1v) is 11.0. The molecule has 0 saturated heterocycles. The van der Waals surface area contributed by atoms with E-state index in [-0.39, 0.29) is 10.8 Å². The van der Waals surface area contributed by atoms with Crippen LogP contribution in [0.1, 0.15) is 27.2 Å². The second-order valence-corrected chi connectivity index (χ2v) is 8.89. The normalized spacial score (nSPS) is 11.7. The molecular formula is C23H18ClNO4S. The Morgan fingerprint density at radius 1 is 1.00 bits per heavy atom. The molecule has 0 atom stereocenters. The zero-order chi connectivity index (χ0) is 21.5. The van der Waals surface area contributed by atoms with Gasteiger partial charge < -0.3 is 0 Å². The lowest BCUT2D eigenvalue weighted by Crippen LogP contribution is -2.13. The Balaban J connectivity index is 1.95. The molecule has 0 aliphatic carbocycles. The number of hydrogen-bond donors (Lipinski definition) is 1. The van der Waals surface area contributed by atoms with Gasteiger partial charge in [-0.2, -0.15) is 8.42 Å². The molecule has 7 heteroatoms. The number of carbonyl (C=O) groups is 1. The summed E-state index contributed by atoms with van der Waals surface area (Å²) in [5.41, 5.74) is 3.59. The van der Waals surface area contributed by atoms with Gasteiger partial charge in [0.1, 0.15) is 0 Å². The van der Waals surface area contributed by atoms with Crippen LogP contribution < -0.4 is 0 Å². The molecule has 1 heterocycles. The highest BCUT2D eigenvalue weighted by Gasteiger charge is 2.22. The van der Waals surface area contributed by atoms with E-state index in [4.69, 9.17) is 11.6 Å². The van der Waals surface area contributed by atoms with Crippen molar-refractivity contribution in [2.24, 2.45) is 0 Å². The Bertz CT molecular complexity index is 1360. The van der Waals surface area contributed by atoms with Gasteiger partial charge in [-0.25, -0.2) is 0 Å². The van der Waals surface area contributed by atoms with Crippen LogP contribution in [0.25, 0.3) is 10.9 Å². The fraction of sp³-hybridized carbons (Fsp3) is 0.0870. The van der Waals surface area contributed by atoms with Gasteiger partial charge in [0.15, 0.2) is 0 Å². The molecule has 4 aromatic rings. The van der Waals surface area contributed by atoms with E-state index in [9.17, 15) is 17.8 Å². The molecule has 0 spiro atoms. The van der Waals surface area contributed by atoms with Crippen molar-refractivity contribution < 1.29 is 17.8 Å². The first-order valence-electron chi connectivity index (χ1n) is 9.21. The van der Waals surface area contributed by atoms with Crippen LogP contribution in [0.4, 0.5) is 0 Å². The topological polar surface area (TPSA) is 76.4 Å². The van der Waals surface area contributed by atoms with E-state index < -0.39 is 10.1 Å². The first-order chi connectivity index (χ1) is 14.3. The second-order valence-electron chi connectivity index (χ2n) is 7.03. The lowest BCUT2D eigenvalue weighted by atomic mass is 10.0. The van der Waals surface area contributed by atoms with Gasteiger partial charge in [0.25, 0.3) is 16.0 Å². The fourth-order valence-electron chi connectivity index (χ4n) is 3.63. The van der Waals surface area contributed by atoms with Gasteiger partial charge >= 0.3 is 0 Å². The molecule has 4 rings (SSSR count). The monoisotopic (exact) mass is 439 g/mol. The maximum absolute atomic E-state index is 13.3. The lowest BCUT2D eigenvalue weighted by Gasteiger charge is -2.08. The molecule has 0 aliphatic heterocycles. The van der Waals surface area contributed by atoms with Crippen molar-refractivity contribution >= 4 is 38.5 Å². The van der Waals surface area contributed by atoms with Crippen molar-refractivity contribution in [2.45, 2.75) is 18.2 Å². The van der Waals surface area contributed by atoms with E-state index in [0.717, 1.165) is 11.1 Å². The van der Waals surface area contributed by atoms with E-state index in [1.165, 1.54) is 12.1 Å². The molecule has 0 bridgehead atoms. The third kappa shape index (κ3) is 3.77. The van der Waals surface area contributed by atoms with Crippen LogP contribution in [0.3, 0.4) is 0 Å². The van der Waals surface area contributed by atoms with E-state index in [2.05, 4.69) is 0 Å². The van der Waals surface area contributed by atoms with E-state index in [1.807, 2.05) is 37.3 Å². The Hall–Kier alpha value is -2.93. The zero-order valence-corrected chi connectivity index (χ0v) is 17.6. The Labute approximate surface area is 179 Å². The minimum absolute atomic E-state index is 0.208. The highest BCUT2D eigenvalue weighted by Crippen LogP contribution is 2.31. The fourth-order valence-corrected chi connectivity index (χ4v) is 4.26. The van der Waals surface area contributed by atoms with Gasteiger partial charge in [0.05, 0.1) is 10.4 Å². The van der Waals surface area contributed by atoms with Crippen LogP contribution in [0.15, 0.2) is 77.7 Å². The molecule has 0 radical (unpaired) electrons. The van der Waals surface area contributed by atoms with Crippen LogP contribution in [0, 0.1) is 6.92 Å². The third-order valence-corrected chi connectivity index (χ3v) is 6.22. The molecule has 0 fully saturated rings. The van der Waals surface area contributed by atoms with E-state index in [0.29, 0.717) is 33.6 Å². The predicted molar refractivity (Wildman–Crippen MR) is 117 cm³/mol. The summed E-state index contributed by atoms with van der Waals surface area (Å²) in [6, 6.07) is 20.6. The van der Waals surface area contributed by atoms with Gasteiger partial charge in [-0.1, -0.05) is 41.9 Å². The Kier molecular flexibility index (Phi) is 5.24. The maximum atomic E-state index is 13.3. The quantitative estimate of drug-likeness (QED) is 0.447. The molecule has 0 aliphatic rings. The number of carbonyl (C=O) groups excluding carboxylic acids is 1.